The van der Waals surface area contributed by atoms with Gasteiger partial charge >= 0.3 is 5.97 Å². The predicted molar refractivity (Wildman–Crippen MR) is 127 cm³/mol. The van der Waals surface area contributed by atoms with E-state index in [0.29, 0.717) is 12.2 Å². The van der Waals surface area contributed by atoms with Crippen LogP contribution in [0.4, 0.5) is 0 Å². The molecule has 1 saturated heterocycles. The number of hydrogen-bond donors (Lipinski definition) is 3. The van der Waals surface area contributed by atoms with Gasteiger partial charge in [-0.15, -0.1) is 0 Å². The molecule has 4 aliphatic rings. The molecule has 0 spiro atoms. The monoisotopic (exact) mass is 490 g/mol. The quantitative estimate of drug-likeness (QED) is 0.397. The molecule has 0 aromatic rings. The van der Waals surface area contributed by atoms with E-state index in [1.165, 1.54) is 18.1 Å². The third-order valence-electron chi connectivity index (χ3n) is 8.43. The molecule has 0 radical (unpaired) electrons. The third kappa shape index (κ3) is 4.55. The van der Waals surface area contributed by atoms with Gasteiger partial charge in [-0.1, -0.05) is 33.3 Å². The van der Waals surface area contributed by atoms with Crippen LogP contribution < -0.4 is 0 Å². The van der Waals surface area contributed by atoms with Crippen LogP contribution in [0.15, 0.2) is 34.4 Å². The zero-order chi connectivity index (χ0) is 25.7. The van der Waals surface area contributed by atoms with Crippen LogP contribution in [-0.2, 0) is 23.8 Å². The number of aliphatic hydroxyl groups excluding tert-OH is 3. The zero-order valence-corrected chi connectivity index (χ0v) is 21.2. The molecule has 0 aromatic carbocycles. The van der Waals surface area contributed by atoms with Crippen molar-refractivity contribution in [3.05, 3.63) is 34.4 Å². The number of fused-ring (bicyclic) bond motifs is 3. The normalized spacial score (nSPS) is 41.5. The molecule has 0 bridgehead atoms. The first kappa shape index (κ1) is 26.2. The van der Waals surface area contributed by atoms with Crippen molar-refractivity contribution in [3.8, 4) is 0 Å². The molecule has 1 aliphatic heterocycles. The van der Waals surface area contributed by atoms with Crippen molar-refractivity contribution >= 4 is 12.3 Å². The molecular weight excluding hydrogens is 452 g/mol. The van der Waals surface area contributed by atoms with Gasteiger partial charge in [0, 0.05) is 17.9 Å². The standard InChI is InChI=1S/C27H38O8/c1-14(2)17-6-7-26(4)8-9-27(5)18(22(17)26)11-20(34-15(3)29)16(12-28)10-21(27)35-25-24(32)23(31)19(30)13-33-25/h10-12,14,19-21,23-25,30-32H,6-9,13H2,1-5H3/t19-,20?,21+,23+,24-,25+,26-,27-/m1/s1. The van der Waals surface area contributed by atoms with Crippen LogP contribution in [0.25, 0.3) is 0 Å². The second kappa shape index (κ2) is 9.56. The van der Waals surface area contributed by atoms with Gasteiger partial charge in [-0.05, 0) is 60.3 Å². The summed E-state index contributed by atoms with van der Waals surface area (Å²) in [5, 5.41) is 30.6. The summed E-state index contributed by atoms with van der Waals surface area (Å²) in [7, 11) is 0. The van der Waals surface area contributed by atoms with Gasteiger partial charge in [-0.25, -0.2) is 0 Å². The first-order chi connectivity index (χ1) is 16.4. The molecule has 4 rings (SSSR count). The number of ether oxygens (including phenoxy) is 3. The van der Waals surface area contributed by atoms with Crippen molar-refractivity contribution < 1.29 is 39.1 Å². The number of esters is 1. The van der Waals surface area contributed by atoms with E-state index >= 15 is 0 Å². The van der Waals surface area contributed by atoms with Crippen molar-refractivity contribution in [2.45, 2.75) is 97.1 Å². The fourth-order valence-corrected chi connectivity index (χ4v) is 6.22. The number of aliphatic hydroxyl groups is 3. The van der Waals surface area contributed by atoms with Crippen LogP contribution in [0.5, 0.6) is 0 Å². The van der Waals surface area contributed by atoms with E-state index in [1.54, 1.807) is 6.08 Å². The summed E-state index contributed by atoms with van der Waals surface area (Å²) >= 11 is 0. The Balaban J connectivity index is 1.84. The van der Waals surface area contributed by atoms with Gasteiger partial charge < -0.3 is 29.5 Å². The molecule has 8 nitrogen and oxygen atoms in total. The van der Waals surface area contributed by atoms with E-state index < -0.39 is 48.2 Å². The average molecular weight is 491 g/mol. The smallest absolute Gasteiger partial charge is 0.303 e. The Kier molecular flexibility index (Phi) is 7.16. The van der Waals surface area contributed by atoms with Crippen LogP contribution in [0.1, 0.15) is 60.3 Å². The Labute approximate surface area is 206 Å². The number of rotatable bonds is 5. The van der Waals surface area contributed by atoms with E-state index in [2.05, 4.69) is 27.7 Å². The SMILES string of the molecule is CC(=O)OC1C=C2C3=C(C(C)C)CC[C@]3(C)CC[C@@]2(C)[C@@H](O[C@@H]2OC[C@@H](O)[C@H](O)[C@H]2O)C=C1C=O. The van der Waals surface area contributed by atoms with Crippen LogP contribution in [0.3, 0.4) is 0 Å². The molecule has 0 aromatic heterocycles. The summed E-state index contributed by atoms with van der Waals surface area (Å²) < 4.78 is 17.4. The van der Waals surface area contributed by atoms with Crippen molar-refractivity contribution in [1.82, 2.24) is 0 Å². The molecule has 35 heavy (non-hydrogen) atoms. The van der Waals surface area contributed by atoms with E-state index in [0.717, 1.165) is 31.3 Å². The minimum absolute atomic E-state index is 0.0247. The van der Waals surface area contributed by atoms with E-state index in [9.17, 15) is 24.9 Å². The Bertz CT molecular complexity index is 964. The second-order valence-corrected chi connectivity index (χ2v) is 11.2. The van der Waals surface area contributed by atoms with Crippen LogP contribution in [-0.4, -0.2) is 71.0 Å². The topological polar surface area (TPSA) is 123 Å². The van der Waals surface area contributed by atoms with Crippen molar-refractivity contribution in [1.29, 1.82) is 0 Å². The average Bonchev–Trinajstić information content (AvgIpc) is 3.10. The maximum Gasteiger partial charge on any atom is 0.303 e. The van der Waals surface area contributed by atoms with Gasteiger partial charge in [0.2, 0.25) is 0 Å². The third-order valence-corrected chi connectivity index (χ3v) is 8.43. The maximum atomic E-state index is 12.2. The molecule has 3 aliphatic carbocycles. The minimum Gasteiger partial charge on any atom is -0.453 e. The zero-order valence-electron chi connectivity index (χ0n) is 21.2. The highest BCUT2D eigenvalue weighted by Crippen LogP contribution is 2.62. The van der Waals surface area contributed by atoms with E-state index in [-0.39, 0.29) is 17.6 Å². The summed E-state index contributed by atoms with van der Waals surface area (Å²) in [5.74, 6) is -0.157. The minimum atomic E-state index is -1.46. The van der Waals surface area contributed by atoms with E-state index in [1.807, 2.05) is 6.08 Å². The summed E-state index contributed by atoms with van der Waals surface area (Å²) in [6.07, 6.45) is 1.09. The molecule has 2 fully saturated rings. The lowest BCUT2D eigenvalue weighted by Gasteiger charge is -2.49. The van der Waals surface area contributed by atoms with Crippen molar-refractivity contribution in [2.75, 3.05) is 6.61 Å². The van der Waals surface area contributed by atoms with Crippen LogP contribution >= 0.6 is 0 Å². The summed E-state index contributed by atoms with van der Waals surface area (Å²) in [6, 6.07) is 0. The molecule has 1 unspecified atom stereocenters. The molecule has 8 atom stereocenters. The van der Waals surface area contributed by atoms with Gasteiger partial charge in [-0.2, -0.15) is 0 Å². The number of hydrogen-bond acceptors (Lipinski definition) is 8. The highest BCUT2D eigenvalue weighted by molar-refractivity contribution is 5.78. The summed E-state index contributed by atoms with van der Waals surface area (Å²) in [5.41, 5.74) is 3.25. The van der Waals surface area contributed by atoms with Gasteiger partial charge in [0.25, 0.3) is 0 Å². The first-order valence-electron chi connectivity index (χ1n) is 12.5. The lowest BCUT2D eigenvalue weighted by atomic mass is 9.58. The Morgan fingerprint density at radius 1 is 1.14 bits per heavy atom. The molecule has 194 valence electrons. The number of carbonyl (C=O) groups excluding carboxylic acids is 2. The highest BCUT2D eigenvalue weighted by Gasteiger charge is 2.54. The molecular formula is C27H38O8. The fourth-order valence-electron chi connectivity index (χ4n) is 6.22. The van der Waals surface area contributed by atoms with Crippen LogP contribution in [0, 0.1) is 16.7 Å². The Hall–Kier alpha value is -1.84. The molecule has 1 saturated carbocycles. The molecule has 3 N–H and O–H groups in total. The Morgan fingerprint density at radius 3 is 2.49 bits per heavy atom. The van der Waals surface area contributed by atoms with Gasteiger partial charge in [0.05, 0.1) is 12.7 Å². The van der Waals surface area contributed by atoms with Crippen molar-refractivity contribution in [3.63, 3.8) is 0 Å². The highest BCUT2D eigenvalue weighted by atomic mass is 16.7. The number of allylic oxidation sites excluding steroid dienone is 2. The van der Waals surface area contributed by atoms with Gasteiger partial charge in [-0.3, -0.25) is 9.59 Å². The van der Waals surface area contributed by atoms with Gasteiger partial charge in [0.1, 0.15) is 30.7 Å². The van der Waals surface area contributed by atoms with Crippen LogP contribution in [0.2, 0.25) is 0 Å². The maximum absolute atomic E-state index is 12.2. The first-order valence-corrected chi connectivity index (χ1v) is 12.5. The summed E-state index contributed by atoms with van der Waals surface area (Å²) in [4.78, 5) is 24.1. The van der Waals surface area contributed by atoms with Crippen molar-refractivity contribution in [2.24, 2.45) is 16.7 Å². The predicted octanol–water partition coefficient (Wildman–Crippen LogP) is 2.36. The molecule has 0 amide bonds. The number of carbonyl (C=O) groups is 2. The largest absolute Gasteiger partial charge is 0.453 e. The molecule has 1 heterocycles. The molecule has 8 heteroatoms. The van der Waals surface area contributed by atoms with E-state index in [4.69, 9.17) is 14.2 Å². The Morgan fingerprint density at radius 2 is 1.86 bits per heavy atom. The van der Waals surface area contributed by atoms with Gasteiger partial charge in [0.15, 0.2) is 6.29 Å². The number of aldehydes is 1. The lowest BCUT2D eigenvalue weighted by molar-refractivity contribution is -0.285. The fraction of sp³-hybridized carbons (Fsp3) is 0.704. The lowest BCUT2D eigenvalue weighted by Crippen LogP contribution is -2.55. The second-order valence-electron chi connectivity index (χ2n) is 11.2. The summed E-state index contributed by atoms with van der Waals surface area (Å²) in [6.45, 7) is 9.85.